The number of methoxy groups -OCH3 is 1. The van der Waals surface area contributed by atoms with E-state index < -0.39 is 5.82 Å². The van der Waals surface area contributed by atoms with E-state index in [0.29, 0.717) is 24.4 Å². The maximum Gasteiger partial charge on any atom is 0.147 e. The lowest BCUT2D eigenvalue weighted by molar-refractivity contribution is 0.331. The molecule has 0 heterocycles. The van der Waals surface area contributed by atoms with Gasteiger partial charge in [0.25, 0.3) is 0 Å². The molecule has 0 fully saturated rings. The maximum atomic E-state index is 13.6. The minimum atomic E-state index is -0.446. The van der Waals surface area contributed by atoms with Crippen molar-refractivity contribution < 1.29 is 13.9 Å². The van der Waals surface area contributed by atoms with Crippen molar-refractivity contribution in [3.63, 3.8) is 0 Å². The standard InChI is InChI=1S/C16H15FN2O2/c1-20-13-3-5-14(6-4-13)21-9-8-19-16-7-2-12(11-18)10-15(16)17/h2-7,10,19H,8-9H2,1H3. The minimum absolute atomic E-state index is 0.299. The Morgan fingerprint density at radius 3 is 2.48 bits per heavy atom. The molecule has 0 saturated carbocycles. The maximum absolute atomic E-state index is 13.6. The number of nitrogens with one attached hydrogen (secondary N) is 1. The van der Waals surface area contributed by atoms with Crippen LogP contribution in [0.15, 0.2) is 42.5 Å². The van der Waals surface area contributed by atoms with Crippen LogP contribution >= 0.6 is 0 Å². The average Bonchev–Trinajstić information content (AvgIpc) is 2.53. The number of rotatable bonds is 6. The predicted octanol–water partition coefficient (Wildman–Crippen LogP) is 3.20. The lowest BCUT2D eigenvalue weighted by atomic mass is 10.2. The molecule has 0 aliphatic carbocycles. The third-order valence-corrected chi connectivity index (χ3v) is 2.84. The summed E-state index contributed by atoms with van der Waals surface area (Å²) in [6, 6.07) is 13.4. The van der Waals surface area contributed by atoms with Crippen LogP contribution in [0.3, 0.4) is 0 Å². The minimum Gasteiger partial charge on any atom is -0.497 e. The quantitative estimate of drug-likeness (QED) is 0.829. The van der Waals surface area contributed by atoms with Crippen LogP contribution in [0.1, 0.15) is 5.56 Å². The van der Waals surface area contributed by atoms with Gasteiger partial charge in [-0.05, 0) is 42.5 Å². The lowest BCUT2D eigenvalue weighted by Crippen LogP contribution is -2.12. The van der Waals surface area contributed by atoms with E-state index in [1.54, 1.807) is 31.4 Å². The topological polar surface area (TPSA) is 54.3 Å². The molecule has 4 nitrogen and oxygen atoms in total. The molecule has 0 saturated heterocycles. The number of ether oxygens (including phenoxy) is 2. The van der Waals surface area contributed by atoms with E-state index in [9.17, 15) is 4.39 Å². The molecule has 1 N–H and O–H groups in total. The highest BCUT2D eigenvalue weighted by molar-refractivity contribution is 5.48. The van der Waals surface area contributed by atoms with Gasteiger partial charge in [-0.15, -0.1) is 0 Å². The zero-order valence-electron chi connectivity index (χ0n) is 11.6. The summed E-state index contributed by atoms with van der Waals surface area (Å²) in [5, 5.41) is 11.6. The zero-order valence-corrected chi connectivity index (χ0v) is 11.6. The van der Waals surface area contributed by atoms with E-state index in [1.807, 2.05) is 18.2 Å². The van der Waals surface area contributed by atoms with E-state index in [0.717, 1.165) is 11.5 Å². The number of nitrogens with zero attached hydrogens (tertiary/aromatic N) is 1. The van der Waals surface area contributed by atoms with Crippen LogP contribution in [0.2, 0.25) is 0 Å². The van der Waals surface area contributed by atoms with Crippen molar-refractivity contribution in [3.05, 3.63) is 53.8 Å². The van der Waals surface area contributed by atoms with Crippen LogP contribution in [0, 0.1) is 17.1 Å². The molecular formula is C16H15FN2O2. The Morgan fingerprint density at radius 2 is 1.86 bits per heavy atom. The molecule has 5 heteroatoms. The fraction of sp³-hybridized carbons (Fsp3) is 0.188. The lowest BCUT2D eigenvalue weighted by Gasteiger charge is -2.10. The normalized spacial score (nSPS) is 9.76. The average molecular weight is 286 g/mol. The molecule has 2 rings (SSSR count). The summed E-state index contributed by atoms with van der Waals surface area (Å²) in [6.07, 6.45) is 0. The van der Waals surface area contributed by atoms with Crippen LogP contribution in [0.25, 0.3) is 0 Å². The SMILES string of the molecule is COc1ccc(OCCNc2ccc(C#N)cc2F)cc1. The first-order valence-corrected chi connectivity index (χ1v) is 6.43. The Morgan fingerprint density at radius 1 is 1.14 bits per heavy atom. The monoisotopic (exact) mass is 286 g/mol. The molecule has 2 aromatic rings. The van der Waals surface area contributed by atoms with E-state index >= 15 is 0 Å². The van der Waals surface area contributed by atoms with E-state index in [2.05, 4.69) is 5.32 Å². The van der Waals surface area contributed by atoms with Crippen LogP contribution in [-0.2, 0) is 0 Å². The van der Waals surface area contributed by atoms with Gasteiger partial charge in [0, 0.05) is 6.54 Å². The number of nitriles is 1. The zero-order chi connectivity index (χ0) is 15.1. The van der Waals surface area contributed by atoms with Crippen LogP contribution in [-0.4, -0.2) is 20.3 Å². The summed E-state index contributed by atoms with van der Waals surface area (Å²) in [4.78, 5) is 0. The van der Waals surface area contributed by atoms with Crippen molar-refractivity contribution in [2.75, 3.05) is 25.6 Å². The third-order valence-electron chi connectivity index (χ3n) is 2.84. The van der Waals surface area contributed by atoms with Gasteiger partial charge in [0.1, 0.15) is 23.9 Å². The number of hydrogen-bond acceptors (Lipinski definition) is 4. The molecule has 21 heavy (non-hydrogen) atoms. The van der Waals surface area contributed by atoms with Gasteiger partial charge in [0.05, 0.1) is 24.4 Å². The second kappa shape index (κ2) is 7.15. The summed E-state index contributed by atoms with van der Waals surface area (Å²) < 4.78 is 24.2. The van der Waals surface area contributed by atoms with Crippen LogP contribution in [0.5, 0.6) is 11.5 Å². The third kappa shape index (κ3) is 4.11. The van der Waals surface area contributed by atoms with Gasteiger partial charge in [-0.3, -0.25) is 0 Å². The van der Waals surface area contributed by atoms with Crippen molar-refractivity contribution in [1.82, 2.24) is 0 Å². The Bertz CT molecular complexity index is 636. The van der Waals surface area contributed by atoms with Crippen LogP contribution in [0.4, 0.5) is 10.1 Å². The first-order chi connectivity index (χ1) is 10.2. The van der Waals surface area contributed by atoms with E-state index in [4.69, 9.17) is 14.7 Å². The second-order valence-corrected chi connectivity index (χ2v) is 4.26. The summed E-state index contributed by atoms with van der Waals surface area (Å²) in [5.74, 6) is 1.04. The fourth-order valence-electron chi connectivity index (χ4n) is 1.75. The fourth-order valence-corrected chi connectivity index (χ4v) is 1.75. The molecule has 0 radical (unpaired) electrons. The molecule has 0 atom stereocenters. The number of hydrogen-bond donors (Lipinski definition) is 1. The smallest absolute Gasteiger partial charge is 0.147 e. The molecule has 0 aliphatic rings. The highest BCUT2D eigenvalue weighted by Gasteiger charge is 2.02. The highest BCUT2D eigenvalue weighted by atomic mass is 19.1. The number of halogens is 1. The Balaban J connectivity index is 1.80. The molecule has 0 spiro atoms. The number of anilines is 1. The largest absolute Gasteiger partial charge is 0.497 e. The number of benzene rings is 2. The van der Waals surface area contributed by atoms with Crippen molar-refractivity contribution >= 4 is 5.69 Å². The molecule has 0 unspecified atom stereocenters. The highest BCUT2D eigenvalue weighted by Crippen LogP contribution is 2.17. The summed E-state index contributed by atoms with van der Waals surface area (Å²) in [5.41, 5.74) is 0.653. The molecular weight excluding hydrogens is 271 g/mol. The Kier molecular flexibility index (Phi) is 4.99. The molecule has 2 aromatic carbocycles. The Labute approximate surface area is 122 Å². The second-order valence-electron chi connectivity index (χ2n) is 4.26. The summed E-state index contributed by atoms with van der Waals surface area (Å²) in [7, 11) is 1.60. The first-order valence-electron chi connectivity index (χ1n) is 6.43. The van der Waals surface area contributed by atoms with Gasteiger partial charge in [-0.25, -0.2) is 4.39 Å². The van der Waals surface area contributed by atoms with Crippen molar-refractivity contribution in [2.45, 2.75) is 0 Å². The van der Waals surface area contributed by atoms with Gasteiger partial charge in [-0.1, -0.05) is 0 Å². The summed E-state index contributed by atoms with van der Waals surface area (Å²) in [6.45, 7) is 0.848. The molecule has 0 bridgehead atoms. The van der Waals surface area contributed by atoms with Crippen molar-refractivity contribution in [3.8, 4) is 17.6 Å². The van der Waals surface area contributed by atoms with Gasteiger partial charge < -0.3 is 14.8 Å². The van der Waals surface area contributed by atoms with Crippen molar-refractivity contribution in [2.24, 2.45) is 0 Å². The van der Waals surface area contributed by atoms with Crippen molar-refractivity contribution in [1.29, 1.82) is 5.26 Å². The first kappa shape index (κ1) is 14.7. The van der Waals surface area contributed by atoms with Gasteiger partial charge in [0.2, 0.25) is 0 Å². The molecule has 0 aromatic heterocycles. The predicted molar refractivity (Wildman–Crippen MR) is 78.1 cm³/mol. The molecule has 0 aliphatic heterocycles. The molecule has 108 valence electrons. The van der Waals surface area contributed by atoms with Gasteiger partial charge in [-0.2, -0.15) is 5.26 Å². The van der Waals surface area contributed by atoms with Crippen LogP contribution < -0.4 is 14.8 Å². The summed E-state index contributed by atoms with van der Waals surface area (Å²) >= 11 is 0. The molecule has 0 amide bonds. The van der Waals surface area contributed by atoms with Gasteiger partial charge >= 0.3 is 0 Å². The van der Waals surface area contributed by atoms with E-state index in [1.165, 1.54) is 6.07 Å². The van der Waals surface area contributed by atoms with Gasteiger partial charge in [0.15, 0.2) is 0 Å². The van der Waals surface area contributed by atoms with E-state index in [-0.39, 0.29) is 0 Å². The Hall–Kier alpha value is -2.74.